The Morgan fingerprint density at radius 1 is 1.14 bits per heavy atom. The number of rotatable bonds is 0. The summed E-state index contributed by atoms with van der Waals surface area (Å²) in [5.41, 5.74) is 0.963. The van der Waals surface area contributed by atoms with E-state index in [1.165, 1.54) is 6.08 Å². The first-order valence-corrected chi connectivity index (χ1v) is 4.92. The van der Waals surface area contributed by atoms with Gasteiger partial charge in [-0.3, -0.25) is 0 Å². The summed E-state index contributed by atoms with van der Waals surface area (Å²) in [6.45, 7) is 0. The minimum Gasteiger partial charge on any atom is -0.166 e. The SMILES string of the molecule is FC(F)(F)C1=CCc2ccccc2S1. The number of hydrogen-bond acceptors (Lipinski definition) is 1. The molecule has 0 aliphatic carbocycles. The number of hydrogen-bond donors (Lipinski definition) is 0. The highest BCUT2D eigenvalue weighted by Gasteiger charge is 2.35. The Balaban J connectivity index is 2.30. The van der Waals surface area contributed by atoms with Gasteiger partial charge >= 0.3 is 6.18 Å². The van der Waals surface area contributed by atoms with Crippen molar-refractivity contribution < 1.29 is 13.2 Å². The maximum Gasteiger partial charge on any atom is 0.422 e. The third kappa shape index (κ3) is 1.80. The fraction of sp³-hybridized carbons (Fsp3) is 0.200. The molecule has 0 bridgehead atoms. The van der Waals surface area contributed by atoms with E-state index in [9.17, 15) is 13.2 Å². The average molecular weight is 216 g/mol. The van der Waals surface area contributed by atoms with E-state index in [-0.39, 0.29) is 0 Å². The van der Waals surface area contributed by atoms with Crippen molar-refractivity contribution in [1.82, 2.24) is 0 Å². The molecule has 0 atom stereocenters. The number of fused-ring (bicyclic) bond motifs is 1. The van der Waals surface area contributed by atoms with Gasteiger partial charge in [-0.1, -0.05) is 36.0 Å². The second kappa shape index (κ2) is 3.35. The number of allylic oxidation sites excluding steroid dienone is 2. The maximum absolute atomic E-state index is 12.3. The lowest BCUT2D eigenvalue weighted by Gasteiger charge is -2.17. The molecule has 0 unspecified atom stereocenters. The number of benzene rings is 1. The molecule has 0 spiro atoms. The molecule has 1 aromatic carbocycles. The van der Waals surface area contributed by atoms with Crippen LogP contribution in [0.25, 0.3) is 0 Å². The summed E-state index contributed by atoms with van der Waals surface area (Å²) < 4.78 is 37.0. The Labute approximate surface area is 83.8 Å². The van der Waals surface area contributed by atoms with Gasteiger partial charge in [-0.25, -0.2) is 0 Å². The third-order valence-corrected chi connectivity index (χ3v) is 3.22. The van der Waals surface area contributed by atoms with Crippen LogP contribution >= 0.6 is 11.8 Å². The molecule has 0 saturated heterocycles. The minimum absolute atomic E-state index is 0.373. The van der Waals surface area contributed by atoms with Crippen LogP contribution < -0.4 is 0 Å². The molecule has 2 rings (SSSR count). The van der Waals surface area contributed by atoms with E-state index in [1.54, 1.807) is 12.1 Å². The fourth-order valence-corrected chi connectivity index (χ4v) is 2.26. The first-order chi connectivity index (χ1) is 6.57. The standard InChI is InChI=1S/C10H7F3S/c11-10(12,13)9-6-5-7-3-1-2-4-8(7)14-9/h1-4,6H,5H2. The molecule has 0 aromatic heterocycles. The van der Waals surface area contributed by atoms with Crippen molar-refractivity contribution in [3.63, 3.8) is 0 Å². The Kier molecular flexibility index (Phi) is 2.31. The van der Waals surface area contributed by atoms with Gasteiger partial charge in [0.1, 0.15) is 0 Å². The van der Waals surface area contributed by atoms with Gasteiger partial charge in [0.25, 0.3) is 0 Å². The Bertz CT molecular complexity index is 379. The predicted molar refractivity (Wildman–Crippen MR) is 50.1 cm³/mol. The van der Waals surface area contributed by atoms with Crippen molar-refractivity contribution in [2.75, 3.05) is 0 Å². The van der Waals surface area contributed by atoms with Crippen LogP contribution in [-0.4, -0.2) is 6.18 Å². The van der Waals surface area contributed by atoms with Gasteiger partial charge in [-0.05, 0) is 18.1 Å². The zero-order valence-corrected chi connectivity index (χ0v) is 7.95. The van der Waals surface area contributed by atoms with Crippen molar-refractivity contribution in [3.8, 4) is 0 Å². The van der Waals surface area contributed by atoms with Crippen LogP contribution in [0.2, 0.25) is 0 Å². The summed E-state index contributed by atoms with van der Waals surface area (Å²) in [4.78, 5) is 0.207. The predicted octanol–water partition coefficient (Wildman–Crippen LogP) is 3.78. The Morgan fingerprint density at radius 3 is 2.57 bits per heavy atom. The van der Waals surface area contributed by atoms with E-state index in [1.807, 2.05) is 12.1 Å². The highest BCUT2D eigenvalue weighted by Crippen LogP contribution is 2.43. The second-order valence-electron chi connectivity index (χ2n) is 2.98. The van der Waals surface area contributed by atoms with E-state index in [0.29, 0.717) is 11.3 Å². The Morgan fingerprint density at radius 2 is 1.86 bits per heavy atom. The third-order valence-electron chi connectivity index (χ3n) is 1.98. The molecule has 74 valence electrons. The highest BCUT2D eigenvalue weighted by molar-refractivity contribution is 8.03. The smallest absolute Gasteiger partial charge is 0.166 e. The molecule has 0 amide bonds. The van der Waals surface area contributed by atoms with Crippen LogP contribution in [0.1, 0.15) is 5.56 Å². The first kappa shape index (κ1) is 9.65. The van der Waals surface area contributed by atoms with Gasteiger partial charge in [-0.2, -0.15) is 13.2 Å². The van der Waals surface area contributed by atoms with E-state index < -0.39 is 11.1 Å². The van der Waals surface area contributed by atoms with Crippen molar-refractivity contribution in [1.29, 1.82) is 0 Å². The summed E-state index contributed by atoms with van der Waals surface area (Å²) >= 11 is 0.800. The van der Waals surface area contributed by atoms with Crippen LogP contribution in [0.15, 0.2) is 40.1 Å². The van der Waals surface area contributed by atoms with Gasteiger partial charge in [0.15, 0.2) is 0 Å². The largest absolute Gasteiger partial charge is 0.422 e. The molecule has 0 fully saturated rings. The highest BCUT2D eigenvalue weighted by atomic mass is 32.2. The van der Waals surface area contributed by atoms with Crippen LogP contribution in [0.3, 0.4) is 0 Å². The number of halogens is 3. The van der Waals surface area contributed by atoms with E-state index >= 15 is 0 Å². The van der Waals surface area contributed by atoms with Crippen molar-refractivity contribution >= 4 is 11.8 Å². The number of thioether (sulfide) groups is 1. The van der Waals surface area contributed by atoms with E-state index in [4.69, 9.17) is 0 Å². The second-order valence-corrected chi connectivity index (χ2v) is 4.06. The lowest BCUT2D eigenvalue weighted by atomic mass is 10.1. The molecule has 0 N–H and O–H groups in total. The molecular weight excluding hydrogens is 209 g/mol. The molecule has 0 nitrogen and oxygen atoms in total. The molecule has 0 saturated carbocycles. The molecule has 14 heavy (non-hydrogen) atoms. The summed E-state index contributed by atoms with van der Waals surface area (Å²) in [5.74, 6) is 0. The van der Waals surface area contributed by atoms with Gasteiger partial charge in [0, 0.05) is 4.90 Å². The zero-order valence-electron chi connectivity index (χ0n) is 7.14. The lowest BCUT2D eigenvalue weighted by Crippen LogP contribution is -2.11. The number of alkyl halides is 3. The van der Waals surface area contributed by atoms with Gasteiger partial charge in [0.05, 0.1) is 4.91 Å². The van der Waals surface area contributed by atoms with Crippen molar-refractivity contribution in [2.45, 2.75) is 17.5 Å². The molecular formula is C10H7F3S. The molecule has 1 aromatic rings. The maximum atomic E-state index is 12.3. The minimum atomic E-state index is -4.21. The molecule has 1 heterocycles. The van der Waals surface area contributed by atoms with Crippen LogP contribution in [0.4, 0.5) is 13.2 Å². The molecule has 0 radical (unpaired) electrons. The topological polar surface area (TPSA) is 0 Å². The van der Waals surface area contributed by atoms with Crippen LogP contribution in [0.5, 0.6) is 0 Å². The summed E-state index contributed by atoms with van der Waals surface area (Å²) in [7, 11) is 0. The van der Waals surface area contributed by atoms with Crippen LogP contribution in [0, 0.1) is 0 Å². The lowest BCUT2D eigenvalue weighted by molar-refractivity contribution is -0.0838. The van der Waals surface area contributed by atoms with Gasteiger partial charge in [0.2, 0.25) is 0 Å². The van der Waals surface area contributed by atoms with E-state index in [0.717, 1.165) is 17.3 Å². The quantitative estimate of drug-likeness (QED) is 0.636. The Hall–Kier alpha value is -0.900. The van der Waals surface area contributed by atoms with Gasteiger partial charge < -0.3 is 0 Å². The summed E-state index contributed by atoms with van der Waals surface area (Å²) in [6, 6.07) is 7.17. The normalized spacial score (nSPS) is 16.1. The molecule has 4 heteroatoms. The average Bonchev–Trinajstić information content (AvgIpc) is 2.16. The molecule has 1 aliphatic heterocycles. The van der Waals surface area contributed by atoms with Gasteiger partial charge in [-0.15, -0.1) is 0 Å². The first-order valence-electron chi connectivity index (χ1n) is 4.10. The van der Waals surface area contributed by atoms with Crippen LogP contribution in [-0.2, 0) is 6.42 Å². The fourth-order valence-electron chi connectivity index (χ4n) is 1.31. The van der Waals surface area contributed by atoms with Crippen molar-refractivity contribution in [2.24, 2.45) is 0 Å². The van der Waals surface area contributed by atoms with E-state index in [2.05, 4.69) is 0 Å². The zero-order chi connectivity index (χ0) is 10.2. The van der Waals surface area contributed by atoms with Crippen molar-refractivity contribution in [3.05, 3.63) is 40.8 Å². The summed E-state index contributed by atoms with van der Waals surface area (Å²) in [5, 5.41) is 0. The molecule has 1 aliphatic rings. The monoisotopic (exact) mass is 216 g/mol. The summed E-state index contributed by atoms with van der Waals surface area (Å²) in [6.07, 6.45) is -2.59.